The van der Waals surface area contributed by atoms with Gasteiger partial charge in [-0.3, -0.25) is 4.90 Å². The van der Waals surface area contributed by atoms with Crippen LogP contribution >= 0.6 is 0 Å². The van der Waals surface area contributed by atoms with Crippen LogP contribution in [-0.2, 0) is 6.54 Å². The van der Waals surface area contributed by atoms with Crippen LogP contribution in [0.1, 0.15) is 5.56 Å². The van der Waals surface area contributed by atoms with Crippen molar-refractivity contribution in [3.8, 4) is 11.1 Å². The van der Waals surface area contributed by atoms with Crippen LogP contribution in [0.5, 0.6) is 0 Å². The fourth-order valence-corrected chi connectivity index (χ4v) is 2.74. The molecule has 0 spiro atoms. The molecule has 4 nitrogen and oxygen atoms in total. The number of amides is 1. The lowest BCUT2D eigenvalue weighted by Crippen LogP contribution is -2.59. The van der Waals surface area contributed by atoms with Crippen molar-refractivity contribution in [2.75, 3.05) is 20.1 Å². The van der Waals surface area contributed by atoms with Crippen molar-refractivity contribution in [2.24, 2.45) is 0 Å². The summed E-state index contributed by atoms with van der Waals surface area (Å²) in [6.07, 6.45) is -0.822. The van der Waals surface area contributed by atoms with Gasteiger partial charge in [0.15, 0.2) is 0 Å². The minimum Gasteiger partial charge on any atom is -0.465 e. The lowest BCUT2D eigenvalue weighted by Gasteiger charge is -2.42. The van der Waals surface area contributed by atoms with Gasteiger partial charge in [-0.1, -0.05) is 54.6 Å². The SMILES string of the molecule is CN(Cc1ccc(-c2ccccc2)cc1)C1CN(C(=O)O)C1. The Morgan fingerprint density at radius 1 is 1.09 bits per heavy atom. The summed E-state index contributed by atoms with van der Waals surface area (Å²) < 4.78 is 0. The molecule has 1 heterocycles. The van der Waals surface area contributed by atoms with E-state index in [1.54, 1.807) is 0 Å². The molecule has 1 saturated heterocycles. The van der Waals surface area contributed by atoms with Gasteiger partial charge < -0.3 is 10.0 Å². The molecular formula is C18H20N2O2. The molecule has 1 aliphatic heterocycles. The van der Waals surface area contributed by atoms with Crippen molar-refractivity contribution in [3.05, 3.63) is 60.2 Å². The van der Waals surface area contributed by atoms with Gasteiger partial charge in [-0.05, 0) is 23.7 Å². The second kappa shape index (κ2) is 6.20. The van der Waals surface area contributed by atoms with E-state index in [9.17, 15) is 4.79 Å². The number of likely N-dealkylation sites (tertiary alicyclic amines) is 1. The van der Waals surface area contributed by atoms with Gasteiger partial charge in [0.1, 0.15) is 0 Å². The van der Waals surface area contributed by atoms with Crippen molar-refractivity contribution in [1.82, 2.24) is 9.80 Å². The number of rotatable bonds is 4. The van der Waals surface area contributed by atoms with Gasteiger partial charge in [0.05, 0.1) is 0 Å². The fraction of sp³-hybridized carbons (Fsp3) is 0.278. The maximum Gasteiger partial charge on any atom is 0.407 e. The van der Waals surface area contributed by atoms with E-state index in [-0.39, 0.29) is 0 Å². The van der Waals surface area contributed by atoms with Gasteiger partial charge in [-0.15, -0.1) is 0 Å². The molecule has 1 fully saturated rings. The number of carbonyl (C=O) groups is 1. The average Bonchev–Trinajstić information content (AvgIpc) is 2.47. The zero-order valence-corrected chi connectivity index (χ0v) is 12.6. The molecule has 1 amide bonds. The predicted octanol–water partition coefficient (Wildman–Crippen LogP) is 3.15. The van der Waals surface area contributed by atoms with E-state index in [2.05, 4.69) is 48.3 Å². The molecule has 0 bridgehead atoms. The summed E-state index contributed by atoms with van der Waals surface area (Å²) in [6, 6.07) is 19.2. The largest absolute Gasteiger partial charge is 0.465 e. The average molecular weight is 296 g/mol. The first-order valence-electron chi connectivity index (χ1n) is 7.46. The summed E-state index contributed by atoms with van der Waals surface area (Å²) in [5.41, 5.74) is 3.68. The topological polar surface area (TPSA) is 43.8 Å². The van der Waals surface area contributed by atoms with E-state index in [0.29, 0.717) is 19.1 Å². The third-order valence-electron chi connectivity index (χ3n) is 4.25. The smallest absolute Gasteiger partial charge is 0.407 e. The summed E-state index contributed by atoms with van der Waals surface area (Å²) >= 11 is 0. The molecule has 4 heteroatoms. The third-order valence-corrected chi connectivity index (χ3v) is 4.25. The fourth-order valence-electron chi connectivity index (χ4n) is 2.74. The molecule has 0 radical (unpaired) electrons. The van der Waals surface area contributed by atoms with Crippen LogP contribution in [0.2, 0.25) is 0 Å². The molecule has 2 aromatic carbocycles. The Balaban J connectivity index is 1.59. The highest BCUT2D eigenvalue weighted by Crippen LogP contribution is 2.21. The Labute approximate surface area is 130 Å². The van der Waals surface area contributed by atoms with Crippen LogP contribution in [0.3, 0.4) is 0 Å². The molecule has 22 heavy (non-hydrogen) atoms. The molecule has 114 valence electrons. The first-order chi connectivity index (χ1) is 10.6. The Morgan fingerprint density at radius 3 is 2.27 bits per heavy atom. The van der Waals surface area contributed by atoms with Crippen molar-refractivity contribution in [3.63, 3.8) is 0 Å². The Bertz CT molecular complexity index is 634. The Morgan fingerprint density at radius 2 is 1.68 bits per heavy atom. The van der Waals surface area contributed by atoms with Crippen LogP contribution in [0.4, 0.5) is 4.79 Å². The van der Waals surface area contributed by atoms with Crippen LogP contribution in [0.25, 0.3) is 11.1 Å². The van der Waals surface area contributed by atoms with Gasteiger partial charge in [-0.25, -0.2) is 4.79 Å². The molecule has 3 rings (SSSR count). The summed E-state index contributed by atoms with van der Waals surface area (Å²) in [5.74, 6) is 0. The van der Waals surface area contributed by atoms with Crippen molar-refractivity contribution in [1.29, 1.82) is 0 Å². The number of benzene rings is 2. The third kappa shape index (κ3) is 3.12. The molecule has 0 aliphatic carbocycles. The van der Waals surface area contributed by atoms with Crippen LogP contribution < -0.4 is 0 Å². The molecule has 1 aliphatic rings. The van der Waals surface area contributed by atoms with Crippen LogP contribution in [0, 0.1) is 0 Å². The van der Waals surface area contributed by atoms with Gasteiger partial charge >= 0.3 is 6.09 Å². The highest BCUT2D eigenvalue weighted by Gasteiger charge is 2.32. The highest BCUT2D eigenvalue weighted by atomic mass is 16.4. The van der Waals surface area contributed by atoms with E-state index in [1.807, 2.05) is 18.2 Å². The lowest BCUT2D eigenvalue weighted by molar-refractivity contribution is 0.0458. The van der Waals surface area contributed by atoms with Crippen molar-refractivity contribution < 1.29 is 9.90 Å². The monoisotopic (exact) mass is 296 g/mol. The minimum atomic E-state index is -0.822. The molecular weight excluding hydrogens is 276 g/mol. The van der Waals surface area contributed by atoms with Crippen molar-refractivity contribution in [2.45, 2.75) is 12.6 Å². The zero-order valence-electron chi connectivity index (χ0n) is 12.6. The Hall–Kier alpha value is -2.33. The Kier molecular flexibility index (Phi) is 4.11. The lowest BCUT2D eigenvalue weighted by atomic mass is 10.0. The highest BCUT2D eigenvalue weighted by molar-refractivity contribution is 5.66. The zero-order chi connectivity index (χ0) is 15.5. The van der Waals surface area contributed by atoms with Crippen LogP contribution in [0.15, 0.2) is 54.6 Å². The maximum atomic E-state index is 10.8. The minimum absolute atomic E-state index is 0.324. The number of hydrogen-bond acceptors (Lipinski definition) is 2. The van der Waals surface area contributed by atoms with E-state index < -0.39 is 6.09 Å². The van der Waals surface area contributed by atoms with Gasteiger partial charge in [0.25, 0.3) is 0 Å². The standard InChI is InChI=1S/C18H20N2O2/c1-19(17-12-20(13-17)18(21)22)11-14-7-9-16(10-8-14)15-5-3-2-4-6-15/h2-10,17H,11-13H2,1H3,(H,21,22). The number of likely N-dealkylation sites (N-methyl/N-ethyl adjacent to an activating group) is 1. The van der Waals surface area contributed by atoms with Gasteiger partial charge in [0.2, 0.25) is 0 Å². The predicted molar refractivity (Wildman–Crippen MR) is 86.7 cm³/mol. The quantitative estimate of drug-likeness (QED) is 0.942. The number of carboxylic acid groups (broad SMARTS) is 1. The van der Waals surface area contributed by atoms with E-state index >= 15 is 0 Å². The molecule has 0 atom stereocenters. The van der Waals surface area contributed by atoms with Gasteiger partial charge in [0, 0.05) is 25.7 Å². The summed E-state index contributed by atoms with van der Waals surface area (Å²) in [5, 5.41) is 8.87. The first kappa shape index (κ1) is 14.6. The van der Waals surface area contributed by atoms with E-state index in [1.165, 1.54) is 21.6 Å². The summed E-state index contributed by atoms with van der Waals surface area (Å²) in [7, 11) is 2.05. The molecule has 0 saturated carbocycles. The number of nitrogens with zero attached hydrogens (tertiary/aromatic N) is 2. The maximum absolute atomic E-state index is 10.8. The number of hydrogen-bond donors (Lipinski definition) is 1. The second-order valence-corrected chi connectivity index (χ2v) is 5.82. The molecule has 2 aromatic rings. The summed E-state index contributed by atoms with van der Waals surface area (Å²) in [4.78, 5) is 14.5. The van der Waals surface area contributed by atoms with E-state index in [0.717, 1.165) is 6.54 Å². The van der Waals surface area contributed by atoms with Crippen molar-refractivity contribution >= 4 is 6.09 Å². The molecule has 1 N–H and O–H groups in total. The second-order valence-electron chi connectivity index (χ2n) is 5.82. The first-order valence-corrected chi connectivity index (χ1v) is 7.46. The normalized spacial score (nSPS) is 14.9. The van der Waals surface area contributed by atoms with Crippen LogP contribution in [-0.4, -0.2) is 47.2 Å². The van der Waals surface area contributed by atoms with Gasteiger partial charge in [-0.2, -0.15) is 0 Å². The molecule has 0 aromatic heterocycles. The summed E-state index contributed by atoms with van der Waals surface area (Å²) in [6.45, 7) is 2.05. The van der Waals surface area contributed by atoms with E-state index in [4.69, 9.17) is 5.11 Å². The molecule has 0 unspecified atom stereocenters.